The molecule has 5 rings (SSSR count). The molecule has 4 aromatic rings. The molecule has 1 aliphatic rings. The zero-order valence-corrected chi connectivity index (χ0v) is 22.9. The molecular formula is C34H26ClF3O3. The molecule has 2 unspecified atom stereocenters. The van der Waals surface area contributed by atoms with Crippen LogP contribution in [0.2, 0.25) is 5.02 Å². The van der Waals surface area contributed by atoms with Gasteiger partial charge in [-0.2, -0.15) is 0 Å². The van der Waals surface area contributed by atoms with Gasteiger partial charge in [0.25, 0.3) is 0 Å². The highest BCUT2D eigenvalue weighted by molar-refractivity contribution is 6.30. The van der Waals surface area contributed by atoms with Gasteiger partial charge in [-0.15, -0.1) is 0 Å². The highest BCUT2D eigenvalue weighted by Gasteiger charge is 2.39. The van der Waals surface area contributed by atoms with Crippen LogP contribution in [0.4, 0.5) is 13.2 Å². The molecule has 208 valence electrons. The summed E-state index contributed by atoms with van der Waals surface area (Å²) >= 11 is 6.08. The number of ether oxygens (including phenoxy) is 1. The van der Waals surface area contributed by atoms with Crippen molar-refractivity contribution >= 4 is 28.7 Å². The molecule has 0 radical (unpaired) electrons. The first-order chi connectivity index (χ1) is 19.8. The van der Waals surface area contributed by atoms with Crippen LogP contribution >= 0.6 is 11.6 Å². The number of carbonyl (C=O) groups excluding carboxylic acids is 2. The summed E-state index contributed by atoms with van der Waals surface area (Å²) in [5.41, 5.74) is 2.79. The van der Waals surface area contributed by atoms with Crippen molar-refractivity contribution < 1.29 is 27.5 Å². The topological polar surface area (TPSA) is 43.4 Å². The molecule has 4 aromatic carbocycles. The van der Waals surface area contributed by atoms with Gasteiger partial charge in [-0.05, 0) is 47.2 Å². The summed E-state index contributed by atoms with van der Waals surface area (Å²) in [4.78, 5) is 26.6. The van der Waals surface area contributed by atoms with Crippen LogP contribution < -0.4 is 4.74 Å². The van der Waals surface area contributed by atoms with Crippen molar-refractivity contribution in [2.24, 2.45) is 5.92 Å². The van der Waals surface area contributed by atoms with Crippen LogP contribution in [0.15, 0.2) is 91.0 Å². The third kappa shape index (κ3) is 5.98. The van der Waals surface area contributed by atoms with Gasteiger partial charge >= 0.3 is 0 Å². The van der Waals surface area contributed by atoms with Crippen LogP contribution in [-0.2, 0) is 6.42 Å². The molecule has 1 aliphatic carbocycles. The number of Topliss-reactive ketones (excluding diaryl/α,β-unsaturated/α-hetero) is 2. The maximum atomic E-state index is 14.8. The minimum absolute atomic E-state index is 0.211. The molecule has 0 aliphatic heterocycles. The first kappa shape index (κ1) is 28.4. The Labute approximate surface area is 241 Å². The molecule has 0 amide bonds. The van der Waals surface area contributed by atoms with Gasteiger partial charge in [-0.3, -0.25) is 9.59 Å². The zero-order valence-electron chi connectivity index (χ0n) is 22.2. The number of para-hydroxylation sites is 1. The van der Waals surface area contributed by atoms with E-state index in [1.807, 2.05) is 43.3 Å². The van der Waals surface area contributed by atoms with E-state index < -0.39 is 40.6 Å². The Kier molecular flexibility index (Phi) is 8.41. The fourth-order valence-corrected chi connectivity index (χ4v) is 5.47. The third-order valence-electron chi connectivity index (χ3n) is 7.38. The summed E-state index contributed by atoms with van der Waals surface area (Å²) in [6.45, 7) is 1.72. The monoisotopic (exact) mass is 574 g/mol. The summed E-state index contributed by atoms with van der Waals surface area (Å²) < 4.78 is 49.4. The second-order valence-corrected chi connectivity index (χ2v) is 10.3. The molecule has 41 heavy (non-hydrogen) atoms. The SMILES string of the molecule is CCc1cccc(C2CC(c3ccc(Cl)cc3)=CC2C(=O)c2c(F)cc(F)cc2F)c1OCC(=O)c1ccccc1. The highest BCUT2D eigenvalue weighted by atomic mass is 35.5. The molecule has 0 aromatic heterocycles. The number of halogens is 4. The van der Waals surface area contributed by atoms with Crippen molar-refractivity contribution in [2.75, 3.05) is 6.61 Å². The van der Waals surface area contributed by atoms with Crippen molar-refractivity contribution in [1.82, 2.24) is 0 Å². The van der Waals surface area contributed by atoms with E-state index in [4.69, 9.17) is 16.3 Å². The number of allylic oxidation sites excluding steroid dienone is 2. The summed E-state index contributed by atoms with van der Waals surface area (Å²) in [5.74, 6) is -5.71. The molecule has 7 heteroatoms. The summed E-state index contributed by atoms with van der Waals surface area (Å²) in [6.07, 6.45) is 2.65. The smallest absolute Gasteiger partial charge is 0.200 e. The fourth-order valence-electron chi connectivity index (χ4n) is 5.35. The Hall–Kier alpha value is -4.16. The van der Waals surface area contributed by atoms with E-state index in [1.54, 1.807) is 42.5 Å². The molecule has 0 spiro atoms. The molecule has 0 saturated heterocycles. The van der Waals surface area contributed by atoms with Gasteiger partial charge < -0.3 is 4.74 Å². The molecule has 0 N–H and O–H groups in total. The number of rotatable bonds is 9. The zero-order chi connectivity index (χ0) is 29.1. The second kappa shape index (κ2) is 12.1. The number of carbonyl (C=O) groups is 2. The Morgan fingerprint density at radius 1 is 0.902 bits per heavy atom. The van der Waals surface area contributed by atoms with Gasteiger partial charge in [-0.1, -0.05) is 85.3 Å². The summed E-state index contributed by atoms with van der Waals surface area (Å²) in [6, 6.07) is 22.4. The molecular weight excluding hydrogens is 549 g/mol. The van der Waals surface area contributed by atoms with E-state index in [9.17, 15) is 22.8 Å². The first-order valence-corrected chi connectivity index (χ1v) is 13.6. The van der Waals surface area contributed by atoms with Crippen LogP contribution in [-0.4, -0.2) is 18.2 Å². The Bertz CT molecular complexity index is 1610. The normalized spacial score (nSPS) is 16.4. The third-order valence-corrected chi connectivity index (χ3v) is 7.63. The summed E-state index contributed by atoms with van der Waals surface area (Å²) in [7, 11) is 0. The number of aryl methyl sites for hydroxylation is 1. The van der Waals surface area contributed by atoms with Gasteiger partial charge in [0.2, 0.25) is 0 Å². The van der Waals surface area contributed by atoms with Crippen LogP contribution in [0.5, 0.6) is 5.75 Å². The lowest BCUT2D eigenvalue weighted by atomic mass is 9.81. The molecule has 0 saturated carbocycles. The lowest BCUT2D eigenvalue weighted by molar-refractivity contribution is 0.0906. The minimum Gasteiger partial charge on any atom is -0.485 e. The fraction of sp³-hybridized carbons (Fsp3) is 0.176. The van der Waals surface area contributed by atoms with Crippen LogP contribution in [0, 0.1) is 23.4 Å². The van der Waals surface area contributed by atoms with Crippen LogP contribution in [0.3, 0.4) is 0 Å². The van der Waals surface area contributed by atoms with Crippen molar-refractivity contribution in [1.29, 1.82) is 0 Å². The molecule has 0 fully saturated rings. The Balaban J connectivity index is 1.56. The van der Waals surface area contributed by atoms with E-state index in [1.165, 1.54) is 0 Å². The molecule has 0 bridgehead atoms. The maximum absolute atomic E-state index is 14.8. The average Bonchev–Trinajstić information content (AvgIpc) is 3.41. The van der Waals surface area contributed by atoms with Gasteiger partial charge in [0.15, 0.2) is 18.2 Å². The van der Waals surface area contributed by atoms with E-state index in [0.717, 1.165) is 16.7 Å². The van der Waals surface area contributed by atoms with Crippen LogP contribution in [0.1, 0.15) is 56.7 Å². The van der Waals surface area contributed by atoms with E-state index in [-0.39, 0.29) is 12.4 Å². The maximum Gasteiger partial charge on any atom is 0.200 e. The second-order valence-electron chi connectivity index (χ2n) is 9.91. The Morgan fingerprint density at radius 3 is 2.24 bits per heavy atom. The van der Waals surface area contributed by atoms with E-state index in [2.05, 4.69) is 0 Å². The number of hydrogen-bond donors (Lipinski definition) is 0. The predicted molar refractivity (Wildman–Crippen MR) is 153 cm³/mol. The van der Waals surface area contributed by atoms with Crippen LogP contribution in [0.25, 0.3) is 5.57 Å². The first-order valence-electron chi connectivity index (χ1n) is 13.2. The molecule has 2 atom stereocenters. The van der Waals surface area contributed by atoms with Gasteiger partial charge in [0.05, 0.1) is 5.56 Å². The minimum atomic E-state index is -1.26. The van der Waals surface area contributed by atoms with E-state index >= 15 is 0 Å². The largest absolute Gasteiger partial charge is 0.485 e. The number of hydrogen-bond acceptors (Lipinski definition) is 3. The lowest BCUT2D eigenvalue weighted by Gasteiger charge is -2.24. The molecule has 3 nitrogen and oxygen atoms in total. The quantitative estimate of drug-likeness (QED) is 0.188. The lowest BCUT2D eigenvalue weighted by Crippen LogP contribution is -2.22. The summed E-state index contributed by atoms with van der Waals surface area (Å²) in [5, 5.41) is 0.543. The van der Waals surface area contributed by atoms with Crippen molar-refractivity contribution in [3.63, 3.8) is 0 Å². The number of benzene rings is 4. The van der Waals surface area contributed by atoms with Gasteiger partial charge in [-0.25, -0.2) is 13.2 Å². The van der Waals surface area contributed by atoms with Crippen molar-refractivity contribution in [3.8, 4) is 5.75 Å². The molecule has 0 heterocycles. The van der Waals surface area contributed by atoms with E-state index in [0.29, 0.717) is 46.9 Å². The van der Waals surface area contributed by atoms with Gasteiger partial charge in [0.1, 0.15) is 23.2 Å². The Morgan fingerprint density at radius 2 is 1.59 bits per heavy atom. The van der Waals surface area contributed by atoms with Crippen molar-refractivity contribution in [3.05, 3.63) is 141 Å². The van der Waals surface area contributed by atoms with Gasteiger partial charge in [0, 0.05) is 34.6 Å². The van der Waals surface area contributed by atoms with Crippen molar-refractivity contribution in [2.45, 2.75) is 25.7 Å². The average molecular weight is 575 g/mol. The standard InChI is InChI=1S/C34H26ClF3O3/c1-2-20-9-6-10-26(34(20)41-19-31(39)22-7-4-3-5-8-22)27-15-23(21-11-13-24(35)14-12-21)16-28(27)33(40)32-29(37)17-25(36)18-30(32)38/h3-14,16-18,27-28H,2,15,19H2,1H3. The highest BCUT2D eigenvalue weighted by Crippen LogP contribution is 2.48. The number of ketones is 2. The predicted octanol–water partition coefficient (Wildman–Crippen LogP) is 8.65.